The summed E-state index contributed by atoms with van der Waals surface area (Å²) in [6, 6.07) is 4.76. The summed E-state index contributed by atoms with van der Waals surface area (Å²) in [6.07, 6.45) is 10.3. The van der Waals surface area contributed by atoms with Gasteiger partial charge in [0.25, 0.3) is 0 Å². The number of hydrogen-bond acceptors (Lipinski definition) is 4. The van der Waals surface area contributed by atoms with Gasteiger partial charge in [-0.3, -0.25) is 4.79 Å². The van der Waals surface area contributed by atoms with E-state index in [2.05, 4.69) is 22.2 Å². The lowest BCUT2D eigenvalue weighted by Crippen LogP contribution is -2.38. The van der Waals surface area contributed by atoms with Gasteiger partial charge in [-0.1, -0.05) is 25.3 Å². The van der Waals surface area contributed by atoms with E-state index in [4.69, 9.17) is 10.1 Å². The number of nitrogens with zero attached hydrogens (tertiary/aromatic N) is 4. The number of carbonyl (C=O) groups is 1. The van der Waals surface area contributed by atoms with E-state index in [1.54, 1.807) is 18.3 Å². The fraction of sp³-hybridized carbons (Fsp3) is 0.650. The van der Waals surface area contributed by atoms with Crippen molar-refractivity contribution in [1.29, 1.82) is 0 Å². The van der Waals surface area contributed by atoms with Crippen molar-refractivity contribution >= 4 is 17.2 Å². The first-order valence-corrected chi connectivity index (χ1v) is 10.9. The van der Waals surface area contributed by atoms with E-state index in [-0.39, 0.29) is 11.9 Å². The van der Waals surface area contributed by atoms with Gasteiger partial charge in [0.05, 0.1) is 12.1 Å². The Labute approximate surface area is 159 Å². The first kappa shape index (κ1) is 17.7. The monoisotopic (exact) mass is 372 g/mol. The van der Waals surface area contributed by atoms with Gasteiger partial charge in [-0.2, -0.15) is 5.10 Å². The molecule has 26 heavy (non-hydrogen) atoms. The first-order valence-electron chi connectivity index (χ1n) is 9.97. The minimum atomic E-state index is 0.0905. The molecule has 0 spiro atoms. The van der Waals surface area contributed by atoms with Crippen LogP contribution < -0.4 is 0 Å². The molecular weight excluding hydrogens is 344 g/mol. The Balaban J connectivity index is 1.68. The highest BCUT2D eigenvalue weighted by Gasteiger charge is 2.32. The lowest BCUT2D eigenvalue weighted by atomic mass is 9.95. The third kappa shape index (κ3) is 3.70. The third-order valence-electron chi connectivity index (χ3n) is 5.74. The molecule has 2 fully saturated rings. The van der Waals surface area contributed by atoms with Crippen LogP contribution in [0.2, 0.25) is 0 Å². The van der Waals surface area contributed by atoms with Crippen LogP contribution in [0.3, 0.4) is 0 Å². The molecule has 6 heteroatoms. The van der Waals surface area contributed by atoms with Crippen molar-refractivity contribution in [2.45, 2.75) is 76.8 Å². The van der Waals surface area contributed by atoms with Crippen LogP contribution >= 0.6 is 11.3 Å². The van der Waals surface area contributed by atoms with Gasteiger partial charge in [0.15, 0.2) is 5.82 Å². The Bertz CT molecular complexity index is 733. The van der Waals surface area contributed by atoms with Crippen molar-refractivity contribution in [2.75, 3.05) is 6.54 Å². The van der Waals surface area contributed by atoms with Crippen molar-refractivity contribution < 1.29 is 4.79 Å². The zero-order valence-electron chi connectivity index (χ0n) is 15.6. The van der Waals surface area contributed by atoms with Crippen LogP contribution in [0.5, 0.6) is 0 Å². The van der Waals surface area contributed by atoms with E-state index in [0.29, 0.717) is 6.04 Å². The molecule has 1 aliphatic heterocycles. The molecule has 2 aromatic rings. The highest BCUT2D eigenvalue weighted by Crippen LogP contribution is 2.35. The maximum atomic E-state index is 12.2. The van der Waals surface area contributed by atoms with Gasteiger partial charge in [-0.15, -0.1) is 11.3 Å². The van der Waals surface area contributed by atoms with E-state index in [1.807, 2.05) is 4.90 Å². The summed E-state index contributed by atoms with van der Waals surface area (Å²) in [5, 5.41) is 7.06. The van der Waals surface area contributed by atoms with Crippen LogP contribution in [-0.2, 0) is 11.2 Å². The Morgan fingerprint density at radius 3 is 2.73 bits per heavy atom. The lowest BCUT2D eigenvalue weighted by molar-refractivity contribution is -0.132. The summed E-state index contributed by atoms with van der Waals surface area (Å²) < 4.78 is 2.20. The summed E-state index contributed by atoms with van der Waals surface area (Å²) in [6.45, 7) is 2.53. The molecule has 1 saturated carbocycles. The maximum absolute atomic E-state index is 12.2. The van der Waals surface area contributed by atoms with Gasteiger partial charge < -0.3 is 4.90 Å². The van der Waals surface area contributed by atoms with Crippen molar-refractivity contribution in [1.82, 2.24) is 19.7 Å². The van der Waals surface area contributed by atoms with Crippen molar-refractivity contribution in [3.05, 3.63) is 34.0 Å². The van der Waals surface area contributed by atoms with Gasteiger partial charge in [0.2, 0.25) is 5.91 Å². The molecule has 0 N–H and O–H groups in total. The van der Waals surface area contributed by atoms with E-state index in [1.165, 1.54) is 37.0 Å². The van der Waals surface area contributed by atoms with Gasteiger partial charge in [0.1, 0.15) is 5.82 Å². The second-order valence-corrected chi connectivity index (χ2v) is 8.64. The van der Waals surface area contributed by atoms with E-state index in [9.17, 15) is 4.79 Å². The van der Waals surface area contributed by atoms with Crippen LogP contribution in [0, 0.1) is 0 Å². The van der Waals surface area contributed by atoms with E-state index < -0.39 is 0 Å². The maximum Gasteiger partial charge on any atom is 0.220 e. The second-order valence-electron chi connectivity index (χ2n) is 7.60. The predicted molar refractivity (Wildman–Crippen MR) is 103 cm³/mol. The number of hydrogen-bond donors (Lipinski definition) is 0. The van der Waals surface area contributed by atoms with Crippen molar-refractivity contribution in [3.63, 3.8) is 0 Å². The minimum Gasteiger partial charge on any atom is -0.333 e. The molecule has 3 heterocycles. The number of piperidine rings is 1. The molecule has 4 rings (SSSR count). The van der Waals surface area contributed by atoms with Crippen molar-refractivity contribution in [3.8, 4) is 0 Å². The van der Waals surface area contributed by atoms with E-state index >= 15 is 0 Å². The Morgan fingerprint density at radius 1 is 1.19 bits per heavy atom. The van der Waals surface area contributed by atoms with Gasteiger partial charge in [0, 0.05) is 24.8 Å². The van der Waals surface area contributed by atoms with Crippen LogP contribution in [0.4, 0.5) is 0 Å². The predicted octanol–water partition coefficient (Wildman–Crippen LogP) is 4.51. The normalized spacial score (nSPS) is 21.9. The molecule has 0 radical (unpaired) electrons. The first-order chi connectivity index (χ1) is 12.7. The van der Waals surface area contributed by atoms with Crippen LogP contribution in [0.25, 0.3) is 0 Å². The Morgan fingerprint density at radius 2 is 2.00 bits per heavy atom. The van der Waals surface area contributed by atoms with Crippen molar-refractivity contribution in [2.24, 2.45) is 0 Å². The van der Waals surface area contributed by atoms with Gasteiger partial charge >= 0.3 is 0 Å². The molecule has 0 aromatic carbocycles. The van der Waals surface area contributed by atoms with Crippen LogP contribution in [0.1, 0.15) is 86.9 Å². The summed E-state index contributed by atoms with van der Waals surface area (Å²) >= 11 is 1.76. The molecule has 0 unspecified atom stereocenters. The van der Waals surface area contributed by atoms with Gasteiger partial charge in [-0.25, -0.2) is 9.67 Å². The van der Waals surface area contributed by atoms with E-state index in [0.717, 1.165) is 43.9 Å². The molecule has 1 aliphatic carbocycles. The average Bonchev–Trinajstić information content (AvgIpc) is 3.33. The number of amides is 1. The summed E-state index contributed by atoms with van der Waals surface area (Å²) in [5.41, 5.74) is 0. The minimum absolute atomic E-state index is 0.0905. The highest BCUT2D eigenvalue weighted by molar-refractivity contribution is 7.09. The smallest absolute Gasteiger partial charge is 0.220 e. The lowest BCUT2D eigenvalue weighted by Gasteiger charge is -2.35. The molecule has 140 valence electrons. The zero-order chi connectivity index (χ0) is 17.9. The summed E-state index contributed by atoms with van der Waals surface area (Å²) in [7, 11) is 0. The van der Waals surface area contributed by atoms with Gasteiger partial charge in [-0.05, 0) is 43.6 Å². The number of carbonyl (C=O) groups excluding carboxylic acids is 1. The molecule has 2 aliphatic rings. The third-order valence-corrected chi connectivity index (χ3v) is 6.62. The van der Waals surface area contributed by atoms with Crippen LogP contribution in [0.15, 0.2) is 17.5 Å². The molecule has 1 atom stereocenters. The SMILES string of the molecule is CC(=O)N1CCCC[C@@H]1c1nc(Cc2cccs2)nn1C1CCCCC1. The van der Waals surface area contributed by atoms with Crippen LogP contribution in [-0.4, -0.2) is 32.1 Å². The Kier molecular flexibility index (Phi) is 5.38. The standard InChI is InChI=1S/C20H28N4OS/c1-15(25)23-12-6-5-11-18(23)20-21-19(14-17-10-7-13-26-17)22-24(20)16-8-3-2-4-9-16/h7,10,13,16,18H,2-6,8-9,11-12,14H2,1H3/t18-/m1/s1. The summed E-state index contributed by atoms with van der Waals surface area (Å²) in [4.78, 5) is 20.5. The summed E-state index contributed by atoms with van der Waals surface area (Å²) in [5.74, 6) is 2.09. The molecule has 1 saturated heterocycles. The highest BCUT2D eigenvalue weighted by atomic mass is 32.1. The molecular formula is C20H28N4OS. The molecule has 5 nitrogen and oxygen atoms in total. The number of thiophene rings is 1. The quantitative estimate of drug-likeness (QED) is 0.793. The molecule has 1 amide bonds. The zero-order valence-corrected chi connectivity index (χ0v) is 16.4. The largest absolute Gasteiger partial charge is 0.333 e. The Hall–Kier alpha value is -1.69. The number of likely N-dealkylation sites (tertiary alicyclic amines) is 1. The average molecular weight is 373 g/mol. The number of rotatable bonds is 4. The fourth-order valence-electron chi connectivity index (χ4n) is 4.42. The molecule has 2 aromatic heterocycles. The topological polar surface area (TPSA) is 51.0 Å². The fourth-order valence-corrected chi connectivity index (χ4v) is 5.13. The number of aromatic nitrogens is 3. The second kappa shape index (κ2) is 7.91. The molecule has 0 bridgehead atoms.